The maximum atomic E-state index is 5.85. The molecule has 0 saturated heterocycles. The van der Waals surface area contributed by atoms with E-state index < -0.39 is 0 Å². The molecular formula is C16H19NOS. The molecule has 1 aliphatic heterocycles. The van der Waals surface area contributed by atoms with E-state index in [-0.39, 0.29) is 6.04 Å². The second kappa shape index (κ2) is 5.76. The fraction of sp³-hybridized carbons (Fsp3) is 0.375. The zero-order chi connectivity index (χ0) is 13.1. The Balaban J connectivity index is 1.98. The second-order valence-electron chi connectivity index (χ2n) is 4.88. The molecular weight excluding hydrogens is 254 g/mol. The number of thiophene rings is 1. The predicted molar refractivity (Wildman–Crippen MR) is 80.1 cm³/mol. The summed E-state index contributed by atoms with van der Waals surface area (Å²) in [5, 5.41) is 8.01. The molecule has 0 bridgehead atoms. The summed E-state index contributed by atoms with van der Waals surface area (Å²) in [5.74, 6) is 1.10. The molecule has 3 heteroatoms. The molecule has 100 valence electrons. The van der Waals surface area contributed by atoms with Gasteiger partial charge in [-0.05, 0) is 40.9 Å². The van der Waals surface area contributed by atoms with Gasteiger partial charge in [0, 0.05) is 12.0 Å². The van der Waals surface area contributed by atoms with Gasteiger partial charge in [-0.2, -0.15) is 11.3 Å². The van der Waals surface area contributed by atoms with Crippen LogP contribution in [0.2, 0.25) is 0 Å². The van der Waals surface area contributed by atoms with E-state index in [1.807, 2.05) is 0 Å². The van der Waals surface area contributed by atoms with Crippen LogP contribution < -0.4 is 10.1 Å². The van der Waals surface area contributed by atoms with Crippen LogP contribution in [-0.2, 0) is 6.42 Å². The van der Waals surface area contributed by atoms with Gasteiger partial charge >= 0.3 is 0 Å². The van der Waals surface area contributed by atoms with Crippen molar-refractivity contribution in [3.05, 3.63) is 51.7 Å². The van der Waals surface area contributed by atoms with Crippen LogP contribution in [0.1, 0.15) is 36.1 Å². The summed E-state index contributed by atoms with van der Waals surface area (Å²) in [6.45, 7) is 4.03. The average molecular weight is 273 g/mol. The van der Waals surface area contributed by atoms with E-state index in [1.54, 1.807) is 11.3 Å². The Morgan fingerprint density at radius 1 is 1.37 bits per heavy atom. The number of para-hydroxylation sites is 1. The van der Waals surface area contributed by atoms with Gasteiger partial charge in [-0.15, -0.1) is 0 Å². The first kappa shape index (κ1) is 12.7. The first-order chi connectivity index (χ1) is 9.40. The standard InChI is InChI=1S/C16H19NOS/c1-2-8-17-15(13-7-10-19-11-13)14-5-3-4-12-6-9-18-16(12)14/h3-5,7,10-11,15,17H,2,6,8-9H2,1H3. The molecule has 1 aliphatic rings. The lowest BCUT2D eigenvalue weighted by Crippen LogP contribution is -2.23. The van der Waals surface area contributed by atoms with E-state index in [2.05, 4.69) is 47.3 Å². The Morgan fingerprint density at radius 2 is 2.32 bits per heavy atom. The van der Waals surface area contributed by atoms with Crippen molar-refractivity contribution < 1.29 is 4.74 Å². The third-order valence-corrected chi connectivity index (χ3v) is 4.23. The van der Waals surface area contributed by atoms with E-state index in [9.17, 15) is 0 Å². The summed E-state index contributed by atoms with van der Waals surface area (Å²) in [7, 11) is 0. The zero-order valence-electron chi connectivity index (χ0n) is 11.2. The van der Waals surface area contributed by atoms with Gasteiger partial charge in [-0.25, -0.2) is 0 Å². The highest BCUT2D eigenvalue weighted by Crippen LogP contribution is 2.36. The number of fused-ring (bicyclic) bond motifs is 1. The summed E-state index contributed by atoms with van der Waals surface area (Å²) in [6, 6.07) is 8.97. The molecule has 2 aromatic rings. The minimum absolute atomic E-state index is 0.249. The number of benzene rings is 1. The molecule has 0 aliphatic carbocycles. The lowest BCUT2D eigenvalue weighted by atomic mass is 9.97. The second-order valence-corrected chi connectivity index (χ2v) is 5.66. The summed E-state index contributed by atoms with van der Waals surface area (Å²) < 4.78 is 5.85. The average Bonchev–Trinajstić information content (AvgIpc) is 3.10. The third-order valence-electron chi connectivity index (χ3n) is 3.53. The van der Waals surface area contributed by atoms with Crippen molar-refractivity contribution in [2.75, 3.05) is 13.2 Å². The Labute approximate surface area is 118 Å². The molecule has 19 heavy (non-hydrogen) atoms. The highest BCUT2D eigenvalue weighted by molar-refractivity contribution is 7.08. The van der Waals surface area contributed by atoms with Gasteiger partial charge in [0.15, 0.2) is 0 Å². The molecule has 1 atom stereocenters. The fourth-order valence-electron chi connectivity index (χ4n) is 2.60. The van der Waals surface area contributed by atoms with Crippen molar-refractivity contribution in [1.29, 1.82) is 0 Å². The summed E-state index contributed by atoms with van der Waals surface area (Å²) in [5.41, 5.74) is 3.96. The predicted octanol–water partition coefficient (Wildman–Crippen LogP) is 3.77. The zero-order valence-corrected chi connectivity index (χ0v) is 12.0. The minimum Gasteiger partial charge on any atom is -0.493 e. The van der Waals surface area contributed by atoms with E-state index in [0.717, 1.165) is 31.7 Å². The van der Waals surface area contributed by atoms with Gasteiger partial charge in [0.05, 0.1) is 12.6 Å². The normalized spacial score (nSPS) is 15.0. The monoisotopic (exact) mass is 273 g/mol. The number of ether oxygens (including phenoxy) is 1. The molecule has 0 fully saturated rings. The minimum atomic E-state index is 0.249. The van der Waals surface area contributed by atoms with Gasteiger partial charge in [0.1, 0.15) is 5.75 Å². The highest BCUT2D eigenvalue weighted by atomic mass is 32.1. The quantitative estimate of drug-likeness (QED) is 0.895. The van der Waals surface area contributed by atoms with E-state index >= 15 is 0 Å². The first-order valence-electron chi connectivity index (χ1n) is 6.90. The molecule has 1 aromatic carbocycles. The molecule has 0 spiro atoms. The molecule has 0 radical (unpaired) electrons. The van der Waals surface area contributed by atoms with Crippen LogP contribution in [0, 0.1) is 0 Å². The van der Waals surface area contributed by atoms with Gasteiger partial charge < -0.3 is 10.1 Å². The van der Waals surface area contributed by atoms with Crippen molar-refractivity contribution in [3.8, 4) is 5.75 Å². The fourth-order valence-corrected chi connectivity index (χ4v) is 3.29. The molecule has 0 amide bonds. The molecule has 1 aromatic heterocycles. The molecule has 0 saturated carbocycles. The van der Waals surface area contributed by atoms with E-state index in [0.29, 0.717) is 0 Å². The van der Waals surface area contributed by atoms with Gasteiger partial charge in [0.2, 0.25) is 0 Å². The summed E-state index contributed by atoms with van der Waals surface area (Å²) in [6.07, 6.45) is 2.17. The Morgan fingerprint density at radius 3 is 3.11 bits per heavy atom. The van der Waals surface area contributed by atoms with Gasteiger partial charge in [-0.3, -0.25) is 0 Å². The van der Waals surface area contributed by atoms with Crippen molar-refractivity contribution in [2.24, 2.45) is 0 Å². The van der Waals surface area contributed by atoms with Gasteiger partial charge in [-0.1, -0.05) is 25.1 Å². The van der Waals surface area contributed by atoms with Crippen molar-refractivity contribution in [1.82, 2.24) is 5.32 Å². The molecule has 2 heterocycles. The van der Waals surface area contributed by atoms with Crippen LogP contribution in [-0.4, -0.2) is 13.2 Å². The van der Waals surface area contributed by atoms with Crippen molar-refractivity contribution in [3.63, 3.8) is 0 Å². The van der Waals surface area contributed by atoms with Crippen molar-refractivity contribution >= 4 is 11.3 Å². The van der Waals surface area contributed by atoms with Crippen LogP contribution in [0.4, 0.5) is 0 Å². The molecule has 1 N–H and O–H groups in total. The smallest absolute Gasteiger partial charge is 0.127 e. The maximum absolute atomic E-state index is 5.85. The van der Waals surface area contributed by atoms with E-state index in [4.69, 9.17) is 4.74 Å². The van der Waals surface area contributed by atoms with E-state index in [1.165, 1.54) is 16.7 Å². The number of hydrogen-bond acceptors (Lipinski definition) is 3. The van der Waals surface area contributed by atoms with Crippen LogP contribution in [0.15, 0.2) is 35.0 Å². The lowest BCUT2D eigenvalue weighted by molar-refractivity contribution is 0.350. The lowest BCUT2D eigenvalue weighted by Gasteiger charge is -2.20. The Bertz CT molecular complexity index is 536. The number of nitrogens with one attached hydrogen (secondary N) is 1. The number of rotatable bonds is 5. The topological polar surface area (TPSA) is 21.3 Å². The molecule has 2 nitrogen and oxygen atoms in total. The Hall–Kier alpha value is -1.32. The summed E-state index contributed by atoms with van der Waals surface area (Å²) in [4.78, 5) is 0. The number of hydrogen-bond donors (Lipinski definition) is 1. The Kier molecular flexibility index (Phi) is 3.85. The maximum Gasteiger partial charge on any atom is 0.127 e. The summed E-state index contributed by atoms with van der Waals surface area (Å²) >= 11 is 1.75. The third kappa shape index (κ3) is 2.53. The highest BCUT2D eigenvalue weighted by Gasteiger charge is 2.23. The molecule has 1 unspecified atom stereocenters. The van der Waals surface area contributed by atoms with Crippen LogP contribution in [0.25, 0.3) is 0 Å². The van der Waals surface area contributed by atoms with Gasteiger partial charge in [0.25, 0.3) is 0 Å². The van der Waals surface area contributed by atoms with Crippen LogP contribution >= 0.6 is 11.3 Å². The van der Waals surface area contributed by atoms with Crippen molar-refractivity contribution in [2.45, 2.75) is 25.8 Å². The molecule has 3 rings (SSSR count). The van der Waals surface area contributed by atoms with Crippen LogP contribution in [0.3, 0.4) is 0 Å². The largest absolute Gasteiger partial charge is 0.493 e. The van der Waals surface area contributed by atoms with Crippen LogP contribution in [0.5, 0.6) is 5.75 Å². The first-order valence-corrected chi connectivity index (χ1v) is 7.84. The SMILES string of the molecule is CCCNC(c1ccsc1)c1cccc2c1OCC2.